The quantitative estimate of drug-likeness (QED) is 0.0845. The minimum atomic E-state index is -1.10. The topological polar surface area (TPSA) is 307 Å². The minimum absolute atomic E-state index is 0.00581. The Labute approximate surface area is 515 Å². The third kappa shape index (κ3) is 15.4. The van der Waals surface area contributed by atoms with E-state index in [-0.39, 0.29) is 91.5 Å². The van der Waals surface area contributed by atoms with Gasteiger partial charge in [-0.15, -0.1) is 5.10 Å². The van der Waals surface area contributed by atoms with Gasteiger partial charge in [0.2, 0.25) is 29.5 Å². The molecule has 0 aliphatic carbocycles. The predicted molar refractivity (Wildman–Crippen MR) is 321 cm³/mol. The van der Waals surface area contributed by atoms with Gasteiger partial charge in [0, 0.05) is 119 Å². The summed E-state index contributed by atoms with van der Waals surface area (Å²) in [5.41, 5.74) is 2.54. The van der Waals surface area contributed by atoms with Crippen molar-refractivity contribution < 1.29 is 52.8 Å². The molecule has 5 aromatic heterocycles. The van der Waals surface area contributed by atoms with E-state index in [0.29, 0.717) is 135 Å². The van der Waals surface area contributed by atoms with Gasteiger partial charge in [-0.25, -0.2) is 34.4 Å². The van der Waals surface area contributed by atoms with Crippen LogP contribution in [0.3, 0.4) is 0 Å². The lowest BCUT2D eigenvalue weighted by Gasteiger charge is -2.39. The molecule has 26 heteroatoms. The summed E-state index contributed by atoms with van der Waals surface area (Å²) in [7, 11) is 0. The Kier molecular flexibility index (Phi) is 19.2. The van der Waals surface area contributed by atoms with Crippen molar-refractivity contribution in [2.45, 2.75) is 123 Å². The van der Waals surface area contributed by atoms with Gasteiger partial charge in [-0.3, -0.25) is 24.0 Å². The number of carboxylic acid groups (broad SMARTS) is 1. The van der Waals surface area contributed by atoms with Crippen LogP contribution in [-0.2, 0) is 48.3 Å². The summed E-state index contributed by atoms with van der Waals surface area (Å²) in [5, 5.41) is 30.3. The maximum Gasteiger partial charge on any atom is 0.326 e. The number of hydrogen-bond acceptors (Lipinski definition) is 20. The summed E-state index contributed by atoms with van der Waals surface area (Å²) in [5.74, 6) is 0.0470. The van der Waals surface area contributed by atoms with Gasteiger partial charge in [0.25, 0.3) is 5.91 Å². The Bertz CT molecular complexity index is 3600. The number of nitrogens with one attached hydrogen (secondary N) is 1. The van der Waals surface area contributed by atoms with E-state index in [9.17, 15) is 39.1 Å². The molecule has 0 spiro atoms. The number of rotatable bonds is 22. The summed E-state index contributed by atoms with van der Waals surface area (Å²) >= 11 is 0. The van der Waals surface area contributed by atoms with E-state index in [1.54, 1.807) is 71.0 Å². The molecule has 4 aliphatic heterocycles. The normalized spacial score (nSPS) is 17.9. The highest BCUT2D eigenvalue weighted by Gasteiger charge is 2.45. The Hall–Kier alpha value is -9.48. The molecule has 4 amide bonds. The lowest BCUT2D eigenvalue weighted by molar-refractivity contribution is -0.143. The molecule has 3 saturated heterocycles. The number of aromatic nitrogens is 8. The average Bonchev–Trinajstić information content (AvgIpc) is 1.77. The minimum Gasteiger partial charge on any atom is -0.490 e. The second-order valence-electron chi connectivity index (χ2n) is 24.4. The number of likely N-dealkylation sites (tertiary alicyclic amines) is 2. The molecule has 3 fully saturated rings. The number of anilines is 2. The number of hydrogen-bond donors (Lipinski definition) is 2. The van der Waals surface area contributed by atoms with Crippen molar-refractivity contribution in [1.82, 2.24) is 59.9 Å². The number of carbonyl (C=O) groups excluding carboxylic acids is 5. The second kappa shape index (κ2) is 27.3. The number of carboxylic acids is 1. The number of benzene rings is 1. The van der Waals surface area contributed by atoms with Crippen molar-refractivity contribution in [3.05, 3.63) is 120 Å². The maximum atomic E-state index is 13.6. The summed E-state index contributed by atoms with van der Waals surface area (Å²) in [6.07, 6.45) is 10.3. The number of ketones is 1. The van der Waals surface area contributed by atoms with E-state index in [1.165, 1.54) is 23.0 Å². The van der Waals surface area contributed by atoms with Crippen molar-refractivity contribution in [1.29, 1.82) is 5.26 Å². The van der Waals surface area contributed by atoms with Crippen LogP contribution in [0.5, 0.6) is 17.4 Å². The summed E-state index contributed by atoms with van der Waals surface area (Å²) < 4.78 is 25.4. The molecule has 26 nitrogen and oxygen atoms in total. The van der Waals surface area contributed by atoms with Crippen LogP contribution in [0.1, 0.15) is 111 Å². The van der Waals surface area contributed by atoms with E-state index in [1.807, 2.05) is 68.4 Å². The van der Waals surface area contributed by atoms with E-state index >= 15 is 0 Å². The number of amides is 4. The van der Waals surface area contributed by atoms with Crippen LogP contribution in [0.2, 0.25) is 0 Å². The zero-order valence-electron chi connectivity index (χ0n) is 50.8. The van der Waals surface area contributed by atoms with E-state index in [0.717, 1.165) is 0 Å². The number of nitriles is 1. The van der Waals surface area contributed by atoms with Gasteiger partial charge >= 0.3 is 5.97 Å². The third-order valence-electron chi connectivity index (χ3n) is 16.3. The summed E-state index contributed by atoms with van der Waals surface area (Å²) in [6.45, 7) is 14.9. The molecule has 10 rings (SSSR count). The molecule has 9 heterocycles. The molecule has 0 bridgehead atoms. The second-order valence-corrected chi connectivity index (χ2v) is 24.4. The lowest BCUT2D eigenvalue weighted by Crippen LogP contribution is -2.55. The Morgan fingerprint density at radius 2 is 1.58 bits per heavy atom. The predicted octanol–water partition coefficient (Wildman–Crippen LogP) is 5.52. The number of Topliss-reactive ketones (excluding diaryl/α,β-unsaturated/α-hetero) is 1. The molecule has 89 heavy (non-hydrogen) atoms. The van der Waals surface area contributed by atoms with Crippen LogP contribution in [0.15, 0.2) is 91.6 Å². The monoisotopic (exact) mass is 1220 g/mol. The number of carbonyl (C=O) groups is 6. The highest BCUT2D eigenvalue weighted by Crippen LogP contribution is 2.40. The zero-order valence-corrected chi connectivity index (χ0v) is 50.8. The number of piperazine rings is 1. The summed E-state index contributed by atoms with van der Waals surface area (Å²) in [6, 6.07) is 18.2. The fourth-order valence-corrected chi connectivity index (χ4v) is 11.2. The molecule has 6 aromatic rings. The van der Waals surface area contributed by atoms with Gasteiger partial charge < -0.3 is 53.9 Å². The number of ether oxygens (including phenoxy) is 4. The van der Waals surface area contributed by atoms with Crippen LogP contribution in [0, 0.1) is 16.7 Å². The van der Waals surface area contributed by atoms with Crippen molar-refractivity contribution in [3.63, 3.8) is 0 Å². The zero-order chi connectivity index (χ0) is 63.0. The first-order valence-electron chi connectivity index (χ1n) is 29.8. The van der Waals surface area contributed by atoms with Crippen molar-refractivity contribution in [2.24, 2.45) is 5.41 Å². The standard InChI is InChI=1S/C63H73N15O11/c1-40-32-75(61-67-30-43(31-68-61)50-14-13-49-57(82)63(5,6)78(58(49)69-50)33-42-9-8-21-65-52(42)28-64)25-26-77(40)54(79)36-76-34-44(71-72-76)37-87-48-19-24-74(35-48)56(81)39-86-38-55(80)73-22-17-45(18-23-73)88-46-10-7-11-47(27-46)89-53-15-12-41(29-66-53)59(83)70-51(60(84)85)16-20-62(2,3)4/h7-15,21,27,29-31,34,40,45,48,51H,16-20,22-26,32-33,35-39H2,1-6H3,(H,70,83)(H,84,85)/t40-,48?,51+/m1/s1. The molecular weight excluding hydrogens is 1140 g/mol. The first-order valence-corrected chi connectivity index (χ1v) is 29.8. The van der Waals surface area contributed by atoms with Crippen molar-refractivity contribution >= 4 is 47.1 Å². The number of fused-ring (bicyclic) bond motifs is 1. The van der Waals surface area contributed by atoms with Crippen molar-refractivity contribution in [2.75, 3.05) is 68.8 Å². The maximum absolute atomic E-state index is 13.6. The van der Waals surface area contributed by atoms with Gasteiger partial charge in [-0.05, 0) is 81.8 Å². The van der Waals surface area contributed by atoms with Crippen LogP contribution in [0.4, 0.5) is 11.8 Å². The largest absolute Gasteiger partial charge is 0.490 e. The molecule has 3 atom stereocenters. The number of nitrogens with zero attached hydrogens (tertiary/aromatic N) is 14. The molecule has 4 aliphatic rings. The van der Waals surface area contributed by atoms with Crippen LogP contribution in [-0.4, -0.2) is 184 Å². The van der Waals surface area contributed by atoms with Crippen LogP contribution in [0.25, 0.3) is 11.3 Å². The van der Waals surface area contributed by atoms with Gasteiger partial charge in [0.15, 0.2) is 5.78 Å². The molecular formula is C63H73N15O11. The van der Waals surface area contributed by atoms with Gasteiger partial charge in [-0.2, -0.15) is 5.26 Å². The number of pyridine rings is 3. The molecule has 466 valence electrons. The Morgan fingerprint density at radius 3 is 2.30 bits per heavy atom. The van der Waals surface area contributed by atoms with Crippen LogP contribution < -0.4 is 24.6 Å². The highest BCUT2D eigenvalue weighted by molar-refractivity contribution is 6.13. The van der Waals surface area contributed by atoms with Crippen molar-refractivity contribution in [3.8, 4) is 34.7 Å². The number of aliphatic carboxylic acids is 1. The average molecular weight is 1220 g/mol. The SMILES string of the molecule is C[C@@H]1CN(c2ncc(-c3ccc4c(n3)N(Cc3cccnc3C#N)C(C)(C)C4=O)cn2)CCN1C(=O)Cn1cc(COC2CCN(C(=O)COCC(=O)N3CCC(Oc4cccc(Oc5ccc(C(=O)N[C@@H](CCC(C)(C)C)C(=O)O)cn5)c4)CC3)C2)nn1. The van der Waals surface area contributed by atoms with Crippen LogP contribution >= 0.6 is 0 Å². The lowest BCUT2D eigenvalue weighted by atomic mass is 9.88. The molecule has 1 aromatic carbocycles. The van der Waals surface area contributed by atoms with E-state index < -0.39 is 23.5 Å². The Balaban J connectivity index is 0.599. The van der Waals surface area contributed by atoms with Gasteiger partial charge in [0.05, 0.1) is 41.3 Å². The Morgan fingerprint density at radius 1 is 0.843 bits per heavy atom. The molecule has 2 N–H and O–H groups in total. The highest BCUT2D eigenvalue weighted by atomic mass is 16.5. The fourth-order valence-electron chi connectivity index (χ4n) is 11.2. The van der Waals surface area contributed by atoms with Gasteiger partial charge in [0.1, 0.15) is 66.7 Å². The van der Waals surface area contributed by atoms with E-state index in [2.05, 4.69) is 41.6 Å². The molecule has 0 saturated carbocycles. The number of piperidine rings is 1. The van der Waals surface area contributed by atoms with E-state index in [4.69, 9.17) is 23.9 Å². The molecule has 0 radical (unpaired) electrons. The van der Waals surface area contributed by atoms with Gasteiger partial charge in [-0.1, -0.05) is 38.1 Å². The first kappa shape index (κ1) is 62.6. The summed E-state index contributed by atoms with van der Waals surface area (Å²) in [4.78, 5) is 110. The fraction of sp³-hybridized carbons (Fsp3) is 0.460. The first-order chi connectivity index (χ1) is 42.7. The smallest absolute Gasteiger partial charge is 0.326 e. The third-order valence-corrected chi connectivity index (χ3v) is 16.3. The molecule has 1 unspecified atom stereocenters.